The number of anilines is 1. The molecule has 0 unspecified atom stereocenters. The molecule has 1 aliphatic heterocycles. The molecule has 1 aliphatic rings. The molecular weight excluding hydrogens is 407 g/mol. The zero-order valence-electron chi connectivity index (χ0n) is 15.6. The molecule has 0 atom stereocenters. The number of nitrogens with one attached hydrogen (secondary N) is 1. The molecule has 0 aliphatic carbocycles. The van der Waals surface area contributed by atoms with Crippen LogP contribution >= 0.6 is 0 Å². The lowest BCUT2D eigenvalue weighted by atomic mass is 10.1. The van der Waals surface area contributed by atoms with Gasteiger partial charge >= 0.3 is 6.18 Å². The monoisotopic (exact) mass is 427 g/mol. The molecule has 0 aromatic heterocycles. The van der Waals surface area contributed by atoms with Crippen LogP contribution in [0.1, 0.15) is 18.1 Å². The van der Waals surface area contributed by atoms with Crippen molar-refractivity contribution in [3.05, 3.63) is 59.7 Å². The summed E-state index contributed by atoms with van der Waals surface area (Å²) in [6, 6.07) is 11.1. The normalized spacial score (nSPS) is 16.6. The maximum absolute atomic E-state index is 13.0. The lowest BCUT2D eigenvalue weighted by molar-refractivity contribution is -0.136. The molecule has 0 spiro atoms. The molecule has 1 N–H and O–H groups in total. The first kappa shape index (κ1) is 21.3. The number of halogens is 3. The van der Waals surface area contributed by atoms with Crippen molar-refractivity contribution in [2.75, 3.05) is 31.7 Å². The van der Waals surface area contributed by atoms with Gasteiger partial charge in [0, 0.05) is 13.1 Å². The Kier molecular flexibility index (Phi) is 6.25. The number of nitrogens with zero attached hydrogens (tertiary/aromatic N) is 2. The van der Waals surface area contributed by atoms with Gasteiger partial charge in [0.25, 0.3) is 0 Å². The molecule has 10 heteroatoms. The highest BCUT2D eigenvalue weighted by molar-refractivity contribution is 7.89. The molecule has 1 fully saturated rings. The van der Waals surface area contributed by atoms with Crippen molar-refractivity contribution in [1.82, 2.24) is 4.31 Å². The van der Waals surface area contributed by atoms with E-state index in [0.717, 1.165) is 6.07 Å². The van der Waals surface area contributed by atoms with E-state index in [4.69, 9.17) is 4.74 Å². The SMILES string of the molecule is C/C(=N\Nc1ccccc1C(F)(F)F)c1ccc(S(=O)(=O)N2CCOCC2)cc1. The number of hydrogen-bond donors (Lipinski definition) is 1. The summed E-state index contributed by atoms with van der Waals surface area (Å²) in [4.78, 5) is 0.145. The van der Waals surface area contributed by atoms with Crippen LogP contribution in [-0.2, 0) is 20.9 Å². The molecule has 0 radical (unpaired) electrons. The van der Waals surface area contributed by atoms with Crippen LogP contribution < -0.4 is 5.43 Å². The summed E-state index contributed by atoms with van der Waals surface area (Å²) in [5.41, 5.74) is 2.46. The van der Waals surface area contributed by atoms with Crippen LogP contribution in [0.2, 0.25) is 0 Å². The highest BCUT2D eigenvalue weighted by atomic mass is 32.2. The van der Waals surface area contributed by atoms with Crippen molar-refractivity contribution in [1.29, 1.82) is 0 Å². The first-order valence-electron chi connectivity index (χ1n) is 8.84. The average Bonchev–Trinajstić information content (AvgIpc) is 2.72. The molecule has 6 nitrogen and oxygen atoms in total. The lowest BCUT2D eigenvalue weighted by Crippen LogP contribution is -2.40. The van der Waals surface area contributed by atoms with Crippen molar-refractivity contribution in [3.8, 4) is 0 Å². The number of ether oxygens (including phenoxy) is 1. The van der Waals surface area contributed by atoms with Crippen LogP contribution in [0.4, 0.5) is 18.9 Å². The van der Waals surface area contributed by atoms with E-state index in [1.165, 1.54) is 34.6 Å². The van der Waals surface area contributed by atoms with Crippen molar-refractivity contribution in [2.24, 2.45) is 5.10 Å². The van der Waals surface area contributed by atoms with Crippen molar-refractivity contribution >= 4 is 21.4 Å². The molecule has 156 valence electrons. The smallest absolute Gasteiger partial charge is 0.379 e. The van der Waals surface area contributed by atoms with E-state index in [1.54, 1.807) is 19.1 Å². The Balaban J connectivity index is 1.76. The summed E-state index contributed by atoms with van der Waals surface area (Å²) < 4.78 is 70.9. The Morgan fingerprint density at radius 3 is 2.31 bits per heavy atom. The molecule has 29 heavy (non-hydrogen) atoms. The Bertz CT molecular complexity index is 984. The molecule has 1 heterocycles. The van der Waals surface area contributed by atoms with Gasteiger partial charge in [0.2, 0.25) is 10.0 Å². The average molecular weight is 427 g/mol. The van der Waals surface area contributed by atoms with Crippen LogP contribution in [-0.4, -0.2) is 44.7 Å². The van der Waals surface area contributed by atoms with E-state index in [1.807, 2.05) is 0 Å². The van der Waals surface area contributed by atoms with Crippen molar-refractivity contribution in [2.45, 2.75) is 18.0 Å². The van der Waals surface area contributed by atoms with Gasteiger partial charge in [-0.05, 0) is 36.8 Å². The summed E-state index contributed by atoms with van der Waals surface area (Å²) in [5, 5.41) is 4.01. The second-order valence-electron chi connectivity index (χ2n) is 6.39. The quantitative estimate of drug-likeness (QED) is 0.585. The predicted molar refractivity (Wildman–Crippen MR) is 103 cm³/mol. The number of hydrogen-bond acceptors (Lipinski definition) is 5. The second-order valence-corrected chi connectivity index (χ2v) is 8.33. The van der Waals surface area contributed by atoms with E-state index < -0.39 is 21.8 Å². The van der Waals surface area contributed by atoms with Gasteiger partial charge in [-0.2, -0.15) is 22.6 Å². The minimum atomic E-state index is -4.50. The van der Waals surface area contributed by atoms with Crippen LogP contribution in [0, 0.1) is 0 Å². The molecular formula is C19H20F3N3O3S. The molecule has 2 aromatic carbocycles. The van der Waals surface area contributed by atoms with Gasteiger partial charge in [-0.3, -0.25) is 5.43 Å². The van der Waals surface area contributed by atoms with E-state index in [9.17, 15) is 21.6 Å². The van der Waals surface area contributed by atoms with E-state index in [2.05, 4.69) is 10.5 Å². The third-order valence-corrected chi connectivity index (χ3v) is 6.37. The van der Waals surface area contributed by atoms with Gasteiger partial charge in [0.1, 0.15) is 0 Å². The maximum Gasteiger partial charge on any atom is 0.418 e. The van der Waals surface area contributed by atoms with Crippen LogP contribution in [0.25, 0.3) is 0 Å². The Morgan fingerprint density at radius 1 is 1.07 bits per heavy atom. The maximum atomic E-state index is 13.0. The fourth-order valence-corrected chi connectivity index (χ4v) is 4.25. The summed E-state index contributed by atoms with van der Waals surface area (Å²) in [7, 11) is -3.61. The topological polar surface area (TPSA) is 71.0 Å². The largest absolute Gasteiger partial charge is 0.418 e. The summed E-state index contributed by atoms with van der Waals surface area (Å²) >= 11 is 0. The summed E-state index contributed by atoms with van der Waals surface area (Å²) in [5.74, 6) is 0. The molecule has 1 saturated heterocycles. The fourth-order valence-electron chi connectivity index (χ4n) is 2.84. The predicted octanol–water partition coefficient (Wildman–Crippen LogP) is 3.56. The van der Waals surface area contributed by atoms with Gasteiger partial charge in [0.05, 0.1) is 35.1 Å². The van der Waals surface area contributed by atoms with Crippen molar-refractivity contribution in [3.63, 3.8) is 0 Å². The third kappa shape index (κ3) is 4.95. The van der Waals surface area contributed by atoms with E-state index in [-0.39, 0.29) is 10.6 Å². The minimum Gasteiger partial charge on any atom is -0.379 e. The number of alkyl halides is 3. The van der Waals surface area contributed by atoms with Gasteiger partial charge in [0.15, 0.2) is 0 Å². The fraction of sp³-hybridized carbons (Fsp3) is 0.316. The zero-order chi connectivity index (χ0) is 21.1. The highest BCUT2D eigenvalue weighted by Gasteiger charge is 2.33. The van der Waals surface area contributed by atoms with Crippen molar-refractivity contribution < 1.29 is 26.3 Å². The number of rotatable bonds is 5. The lowest BCUT2D eigenvalue weighted by Gasteiger charge is -2.26. The summed E-state index contributed by atoms with van der Waals surface area (Å²) in [6.45, 7) is 2.93. The number of morpholine rings is 1. The Hall–Kier alpha value is -2.43. The Morgan fingerprint density at radius 2 is 1.69 bits per heavy atom. The number of hydrazone groups is 1. The first-order chi connectivity index (χ1) is 13.7. The highest BCUT2D eigenvalue weighted by Crippen LogP contribution is 2.34. The van der Waals surface area contributed by atoms with Crippen LogP contribution in [0.3, 0.4) is 0 Å². The van der Waals surface area contributed by atoms with Gasteiger partial charge < -0.3 is 4.74 Å². The van der Waals surface area contributed by atoms with Gasteiger partial charge in [-0.1, -0.05) is 24.3 Å². The third-order valence-electron chi connectivity index (χ3n) is 4.46. The number of para-hydroxylation sites is 1. The Labute approximate surface area is 167 Å². The van der Waals surface area contributed by atoms with E-state index >= 15 is 0 Å². The van der Waals surface area contributed by atoms with Crippen LogP contribution in [0.15, 0.2) is 58.5 Å². The number of benzene rings is 2. The molecule has 0 saturated carbocycles. The number of sulfonamides is 1. The van der Waals surface area contributed by atoms with E-state index in [0.29, 0.717) is 37.6 Å². The van der Waals surface area contributed by atoms with Gasteiger partial charge in [-0.15, -0.1) is 0 Å². The second kappa shape index (κ2) is 8.52. The zero-order valence-corrected chi connectivity index (χ0v) is 16.4. The first-order valence-corrected chi connectivity index (χ1v) is 10.3. The van der Waals surface area contributed by atoms with Gasteiger partial charge in [-0.25, -0.2) is 8.42 Å². The molecule has 0 bridgehead atoms. The standard InChI is InChI=1S/C19H20F3N3O3S/c1-14(23-24-18-5-3-2-4-17(18)19(20,21)22)15-6-8-16(9-7-15)29(26,27)25-10-12-28-13-11-25/h2-9,24H,10-13H2,1H3/b23-14+. The van der Waals surface area contributed by atoms with Crippen LogP contribution in [0.5, 0.6) is 0 Å². The summed E-state index contributed by atoms with van der Waals surface area (Å²) in [6.07, 6.45) is -4.50. The molecule has 3 rings (SSSR count). The minimum absolute atomic E-state index is 0.145. The molecule has 0 amide bonds. The molecule has 2 aromatic rings.